The predicted octanol–water partition coefficient (Wildman–Crippen LogP) is 3.53. The zero-order chi connectivity index (χ0) is 14.5. The molecule has 1 atom stereocenters. The molecule has 2 N–H and O–H groups in total. The minimum absolute atomic E-state index is 0.165. The summed E-state index contributed by atoms with van der Waals surface area (Å²) >= 11 is 0. The van der Waals surface area contributed by atoms with E-state index in [1.165, 1.54) is 16.3 Å². The summed E-state index contributed by atoms with van der Waals surface area (Å²) in [6.07, 6.45) is 3.65. The van der Waals surface area contributed by atoms with Crippen LogP contribution in [0.25, 0.3) is 10.8 Å². The number of aliphatic hydroxyl groups is 1. The standard InChI is InChI=1S/C15H21NO.CH4O/c1-11(8-16-15(2,3)4)13-7-5-6-12-9-17-10-14(12)13;1-2/h5-7,9-11,16H,8H2,1-4H3;2H,1H3. The van der Waals surface area contributed by atoms with Crippen molar-refractivity contribution in [1.82, 2.24) is 5.32 Å². The molecular formula is C16H25NO2. The van der Waals surface area contributed by atoms with Gasteiger partial charge < -0.3 is 14.8 Å². The molecule has 0 saturated heterocycles. The second-order valence-electron chi connectivity index (χ2n) is 5.75. The number of hydrogen-bond donors (Lipinski definition) is 2. The Kier molecular flexibility index (Phi) is 5.58. The number of rotatable bonds is 3. The Bertz CT molecular complexity index is 497. The topological polar surface area (TPSA) is 45.4 Å². The van der Waals surface area contributed by atoms with Gasteiger partial charge in [-0.15, -0.1) is 0 Å². The van der Waals surface area contributed by atoms with E-state index in [9.17, 15) is 0 Å². The first-order valence-electron chi connectivity index (χ1n) is 6.62. The van der Waals surface area contributed by atoms with Crippen LogP contribution in [0.15, 0.2) is 35.1 Å². The summed E-state index contributed by atoms with van der Waals surface area (Å²) in [5.41, 5.74) is 1.52. The first-order chi connectivity index (χ1) is 8.97. The van der Waals surface area contributed by atoms with E-state index in [1.807, 2.05) is 12.5 Å². The molecule has 1 aromatic carbocycles. The molecule has 1 aromatic heterocycles. The van der Waals surface area contributed by atoms with Gasteiger partial charge in [0.25, 0.3) is 0 Å². The Morgan fingerprint density at radius 1 is 1.21 bits per heavy atom. The van der Waals surface area contributed by atoms with Crippen LogP contribution in [0.5, 0.6) is 0 Å². The van der Waals surface area contributed by atoms with E-state index in [0.29, 0.717) is 5.92 Å². The van der Waals surface area contributed by atoms with Crippen molar-refractivity contribution in [3.63, 3.8) is 0 Å². The van der Waals surface area contributed by atoms with E-state index in [1.54, 1.807) is 0 Å². The number of benzene rings is 1. The minimum atomic E-state index is 0.165. The smallest absolute Gasteiger partial charge is 0.0984 e. The van der Waals surface area contributed by atoms with Gasteiger partial charge in [-0.2, -0.15) is 0 Å². The van der Waals surface area contributed by atoms with Crippen molar-refractivity contribution >= 4 is 10.8 Å². The lowest BCUT2D eigenvalue weighted by molar-refractivity contribution is 0.399. The molecule has 1 heterocycles. The van der Waals surface area contributed by atoms with Gasteiger partial charge in [0.15, 0.2) is 0 Å². The minimum Gasteiger partial charge on any atom is -0.471 e. The van der Waals surface area contributed by atoms with Crippen LogP contribution in [0.4, 0.5) is 0 Å². The fourth-order valence-corrected chi connectivity index (χ4v) is 2.01. The van der Waals surface area contributed by atoms with Gasteiger partial charge in [-0.1, -0.05) is 25.1 Å². The quantitative estimate of drug-likeness (QED) is 0.890. The Hall–Kier alpha value is -1.32. The molecule has 0 radical (unpaired) electrons. The van der Waals surface area contributed by atoms with Gasteiger partial charge in [0, 0.05) is 30.0 Å². The third-order valence-electron chi connectivity index (χ3n) is 3.02. The molecule has 3 nitrogen and oxygen atoms in total. The Morgan fingerprint density at radius 2 is 1.89 bits per heavy atom. The number of aliphatic hydroxyl groups excluding tert-OH is 1. The molecule has 0 spiro atoms. The van der Waals surface area contributed by atoms with E-state index in [-0.39, 0.29) is 5.54 Å². The lowest BCUT2D eigenvalue weighted by atomic mass is 9.96. The lowest BCUT2D eigenvalue weighted by Gasteiger charge is -2.23. The summed E-state index contributed by atoms with van der Waals surface area (Å²) in [4.78, 5) is 0. The molecule has 2 aromatic rings. The molecule has 0 amide bonds. The number of fused-ring (bicyclic) bond motifs is 1. The molecule has 106 valence electrons. The fourth-order valence-electron chi connectivity index (χ4n) is 2.01. The van der Waals surface area contributed by atoms with Gasteiger partial charge in [-0.25, -0.2) is 0 Å². The Morgan fingerprint density at radius 3 is 2.53 bits per heavy atom. The second-order valence-corrected chi connectivity index (χ2v) is 5.75. The van der Waals surface area contributed by atoms with Gasteiger partial charge in [-0.3, -0.25) is 0 Å². The van der Waals surface area contributed by atoms with Crippen molar-refractivity contribution in [1.29, 1.82) is 0 Å². The normalized spacial score (nSPS) is 12.9. The lowest BCUT2D eigenvalue weighted by Crippen LogP contribution is -2.38. The first-order valence-corrected chi connectivity index (χ1v) is 6.62. The van der Waals surface area contributed by atoms with E-state index in [4.69, 9.17) is 9.52 Å². The molecule has 0 aliphatic rings. The van der Waals surface area contributed by atoms with Gasteiger partial charge in [0.1, 0.15) is 0 Å². The SMILES string of the molecule is CC(CNC(C)(C)C)c1cccc2cocc12.CO. The summed E-state index contributed by atoms with van der Waals surface area (Å²) in [6, 6.07) is 6.37. The first kappa shape index (κ1) is 15.7. The molecule has 0 aliphatic carbocycles. The van der Waals surface area contributed by atoms with Crippen LogP contribution in [-0.4, -0.2) is 24.3 Å². The van der Waals surface area contributed by atoms with Crippen LogP contribution < -0.4 is 5.32 Å². The van der Waals surface area contributed by atoms with Crippen LogP contribution >= 0.6 is 0 Å². The summed E-state index contributed by atoms with van der Waals surface area (Å²) in [6.45, 7) is 9.81. The number of nitrogens with one attached hydrogen (secondary N) is 1. The zero-order valence-electron chi connectivity index (χ0n) is 12.5. The number of furan rings is 1. The van der Waals surface area contributed by atoms with Crippen molar-refractivity contribution in [3.05, 3.63) is 36.3 Å². The highest BCUT2D eigenvalue weighted by Crippen LogP contribution is 2.26. The third-order valence-corrected chi connectivity index (χ3v) is 3.02. The monoisotopic (exact) mass is 263 g/mol. The van der Waals surface area contributed by atoms with Crippen LogP contribution in [0, 0.1) is 0 Å². The van der Waals surface area contributed by atoms with E-state index >= 15 is 0 Å². The summed E-state index contributed by atoms with van der Waals surface area (Å²) in [7, 11) is 1.00. The molecule has 0 fully saturated rings. The molecular weight excluding hydrogens is 238 g/mol. The second kappa shape index (κ2) is 6.73. The largest absolute Gasteiger partial charge is 0.471 e. The highest BCUT2D eigenvalue weighted by atomic mass is 16.3. The number of hydrogen-bond acceptors (Lipinski definition) is 3. The maximum atomic E-state index is 7.00. The van der Waals surface area contributed by atoms with Crippen LogP contribution in [0.1, 0.15) is 39.2 Å². The predicted molar refractivity (Wildman–Crippen MR) is 80.5 cm³/mol. The van der Waals surface area contributed by atoms with Crippen molar-refractivity contribution in [2.24, 2.45) is 0 Å². The summed E-state index contributed by atoms with van der Waals surface area (Å²) < 4.78 is 5.28. The maximum Gasteiger partial charge on any atom is 0.0984 e. The van der Waals surface area contributed by atoms with Gasteiger partial charge in [0.2, 0.25) is 0 Å². The summed E-state index contributed by atoms with van der Waals surface area (Å²) in [5, 5.41) is 13.0. The molecule has 1 unspecified atom stereocenters. The van der Waals surface area contributed by atoms with Crippen LogP contribution in [0.2, 0.25) is 0 Å². The van der Waals surface area contributed by atoms with E-state index in [2.05, 4.69) is 51.2 Å². The molecule has 0 bridgehead atoms. The average Bonchev–Trinajstić information content (AvgIpc) is 2.85. The molecule has 3 heteroatoms. The zero-order valence-corrected chi connectivity index (χ0v) is 12.5. The Balaban J connectivity index is 0.000000861. The van der Waals surface area contributed by atoms with Crippen LogP contribution in [0.3, 0.4) is 0 Å². The molecule has 0 saturated carbocycles. The molecule has 19 heavy (non-hydrogen) atoms. The van der Waals surface area contributed by atoms with Crippen molar-refractivity contribution in [3.8, 4) is 0 Å². The van der Waals surface area contributed by atoms with Crippen LogP contribution in [-0.2, 0) is 0 Å². The van der Waals surface area contributed by atoms with E-state index in [0.717, 1.165) is 13.7 Å². The van der Waals surface area contributed by atoms with Crippen molar-refractivity contribution in [2.75, 3.05) is 13.7 Å². The highest BCUT2D eigenvalue weighted by molar-refractivity contribution is 5.84. The van der Waals surface area contributed by atoms with Crippen molar-refractivity contribution in [2.45, 2.75) is 39.2 Å². The Labute approximate surface area is 115 Å². The van der Waals surface area contributed by atoms with Gasteiger partial charge >= 0.3 is 0 Å². The van der Waals surface area contributed by atoms with E-state index < -0.39 is 0 Å². The van der Waals surface area contributed by atoms with Crippen molar-refractivity contribution < 1.29 is 9.52 Å². The fraction of sp³-hybridized carbons (Fsp3) is 0.500. The highest BCUT2D eigenvalue weighted by Gasteiger charge is 2.14. The van der Waals surface area contributed by atoms with Gasteiger partial charge in [-0.05, 0) is 32.3 Å². The average molecular weight is 263 g/mol. The maximum absolute atomic E-state index is 7.00. The molecule has 2 rings (SSSR count). The third kappa shape index (κ3) is 4.37. The summed E-state index contributed by atoms with van der Waals surface area (Å²) in [5.74, 6) is 0.482. The molecule has 0 aliphatic heterocycles. The van der Waals surface area contributed by atoms with Gasteiger partial charge in [0.05, 0.1) is 12.5 Å².